The number of amides is 1. The lowest BCUT2D eigenvalue weighted by atomic mass is 9.44. The first kappa shape index (κ1) is 20.6. The molecule has 4 fully saturated rings. The molecule has 6 rings (SSSR count). The van der Waals surface area contributed by atoms with Gasteiger partial charge in [-0.1, -0.05) is 44.2 Å². The second-order valence-electron chi connectivity index (χ2n) is 10.1. The van der Waals surface area contributed by atoms with Crippen LogP contribution in [0.5, 0.6) is 0 Å². The van der Waals surface area contributed by atoms with Crippen molar-refractivity contribution in [1.29, 1.82) is 0 Å². The normalized spacial score (nSPS) is 31.9. The lowest BCUT2D eigenvalue weighted by Gasteiger charge is -2.60. The van der Waals surface area contributed by atoms with Gasteiger partial charge in [0.15, 0.2) is 0 Å². The SMILES string of the molecule is CC1(C)[C@@H]2C[C@H]1C(=NC(=O)c1csc3ccccc13)[C@@]1(CC1/C=C\CCCC(=O)O)C2. The Morgan fingerprint density at radius 2 is 2.06 bits per heavy atom. The number of fused-ring (bicyclic) bond motifs is 1. The zero-order valence-corrected chi connectivity index (χ0v) is 19.0. The number of allylic oxidation sites excluding steroid dienone is 2. The summed E-state index contributed by atoms with van der Waals surface area (Å²) in [5.41, 5.74) is 2.14. The number of aliphatic imine (C=N–C) groups is 1. The fourth-order valence-corrected chi connectivity index (χ4v) is 6.90. The van der Waals surface area contributed by atoms with E-state index in [2.05, 4.69) is 32.1 Å². The van der Waals surface area contributed by atoms with Gasteiger partial charge in [-0.3, -0.25) is 9.59 Å². The fraction of sp³-hybridized carbons (Fsp3) is 0.500. The molecule has 5 heteroatoms. The van der Waals surface area contributed by atoms with Gasteiger partial charge >= 0.3 is 5.97 Å². The molecule has 1 aromatic heterocycles. The zero-order valence-electron chi connectivity index (χ0n) is 18.1. The van der Waals surface area contributed by atoms with E-state index >= 15 is 0 Å². The number of thiophene rings is 1. The number of hydrogen-bond acceptors (Lipinski definition) is 3. The standard InChI is InChI=1S/C26H29NO3S/c1-25(2)17-12-20(25)23(26(14-17)13-16(26)8-4-3-5-11-22(28)29)27-24(30)19-15-31-21-10-7-6-9-18(19)21/h4,6-10,15-17,20H,3,5,11-14H2,1-2H3,(H,28,29)/b8-4-,27-23?/t16?,17-,20+,26+/m1/s1. The Balaban J connectivity index is 1.40. The van der Waals surface area contributed by atoms with Crippen molar-refractivity contribution in [3.05, 3.63) is 47.4 Å². The van der Waals surface area contributed by atoms with Crippen LogP contribution in [0.15, 0.2) is 46.8 Å². The Morgan fingerprint density at radius 3 is 2.84 bits per heavy atom. The van der Waals surface area contributed by atoms with Crippen molar-refractivity contribution in [3.8, 4) is 0 Å². The molecule has 4 atom stereocenters. The van der Waals surface area contributed by atoms with Crippen LogP contribution in [0.2, 0.25) is 0 Å². The maximum absolute atomic E-state index is 13.3. The summed E-state index contributed by atoms with van der Waals surface area (Å²) in [5.74, 6) is 0.706. The van der Waals surface area contributed by atoms with Crippen LogP contribution in [0.3, 0.4) is 0 Å². The summed E-state index contributed by atoms with van der Waals surface area (Å²) in [6.45, 7) is 4.66. The van der Waals surface area contributed by atoms with Gasteiger partial charge < -0.3 is 5.11 Å². The molecule has 0 aliphatic heterocycles. The van der Waals surface area contributed by atoms with Crippen molar-refractivity contribution < 1.29 is 14.7 Å². The number of carbonyl (C=O) groups excluding carboxylic acids is 1. The van der Waals surface area contributed by atoms with Crippen molar-refractivity contribution in [1.82, 2.24) is 0 Å². The highest BCUT2D eigenvalue weighted by Crippen LogP contribution is 2.72. The molecule has 0 radical (unpaired) electrons. The lowest BCUT2D eigenvalue weighted by molar-refractivity contribution is -0.137. The van der Waals surface area contributed by atoms with Crippen molar-refractivity contribution >= 4 is 39.0 Å². The van der Waals surface area contributed by atoms with E-state index in [1.165, 1.54) is 0 Å². The van der Waals surface area contributed by atoms with E-state index < -0.39 is 5.97 Å². The highest BCUT2D eigenvalue weighted by atomic mass is 32.1. The predicted octanol–water partition coefficient (Wildman–Crippen LogP) is 6.37. The first-order valence-corrected chi connectivity index (χ1v) is 12.2. The largest absolute Gasteiger partial charge is 0.481 e. The highest BCUT2D eigenvalue weighted by molar-refractivity contribution is 7.17. The van der Waals surface area contributed by atoms with Crippen LogP contribution >= 0.6 is 11.3 Å². The molecule has 31 heavy (non-hydrogen) atoms. The summed E-state index contributed by atoms with van der Waals surface area (Å²) in [4.78, 5) is 28.8. The van der Waals surface area contributed by atoms with Crippen molar-refractivity contribution in [3.63, 3.8) is 0 Å². The maximum atomic E-state index is 13.3. The lowest BCUT2D eigenvalue weighted by Crippen LogP contribution is -2.57. The maximum Gasteiger partial charge on any atom is 0.303 e. The summed E-state index contributed by atoms with van der Waals surface area (Å²) in [7, 11) is 0. The first-order chi connectivity index (χ1) is 14.8. The third kappa shape index (κ3) is 3.38. The molecule has 4 aliphatic rings. The van der Waals surface area contributed by atoms with Crippen LogP contribution in [-0.2, 0) is 4.79 Å². The van der Waals surface area contributed by atoms with E-state index in [1.54, 1.807) is 11.3 Å². The summed E-state index contributed by atoms with van der Waals surface area (Å²) in [6.07, 6.45) is 9.44. The summed E-state index contributed by atoms with van der Waals surface area (Å²) < 4.78 is 1.13. The second kappa shape index (κ2) is 7.40. The third-order valence-corrected chi connectivity index (χ3v) is 9.08. The smallest absolute Gasteiger partial charge is 0.303 e. The van der Waals surface area contributed by atoms with Crippen LogP contribution in [0.25, 0.3) is 10.1 Å². The van der Waals surface area contributed by atoms with Crippen LogP contribution in [0.1, 0.15) is 62.7 Å². The number of carbonyl (C=O) groups is 2. The van der Waals surface area contributed by atoms with E-state index in [4.69, 9.17) is 10.1 Å². The molecule has 4 saturated carbocycles. The minimum Gasteiger partial charge on any atom is -0.481 e. The minimum atomic E-state index is -0.736. The third-order valence-electron chi connectivity index (χ3n) is 8.12. The quantitative estimate of drug-likeness (QED) is 0.424. The van der Waals surface area contributed by atoms with Gasteiger partial charge in [0, 0.05) is 38.9 Å². The fourth-order valence-electron chi connectivity index (χ4n) is 5.97. The van der Waals surface area contributed by atoms with Gasteiger partial charge in [-0.25, -0.2) is 4.99 Å². The van der Waals surface area contributed by atoms with Gasteiger partial charge in [-0.15, -0.1) is 11.3 Å². The number of carboxylic acid groups (broad SMARTS) is 1. The Morgan fingerprint density at radius 1 is 1.26 bits per heavy atom. The Bertz CT molecular complexity index is 1110. The predicted molar refractivity (Wildman–Crippen MR) is 125 cm³/mol. The number of aliphatic carboxylic acids is 1. The second-order valence-corrected chi connectivity index (χ2v) is 11.1. The molecule has 4 aliphatic carbocycles. The number of unbranched alkanes of at least 4 members (excludes halogenated alkanes) is 1. The number of benzene rings is 1. The van der Waals surface area contributed by atoms with Crippen molar-refractivity contribution in [2.45, 2.75) is 52.4 Å². The molecule has 2 bridgehead atoms. The molecule has 162 valence electrons. The van der Waals surface area contributed by atoms with Gasteiger partial charge in [0.05, 0.1) is 5.56 Å². The summed E-state index contributed by atoms with van der Waals surface area (Å²) in [6, 6.07) is 8.05. The molecule has 1 amide bonds. The van der Waals surface area contributed by atoms with E-state index in [9.17, 15) is 9.59 Å². The summed E-state index contributed by atoms with van der Waals surface area (Å²) >= 11 is 1.61. The molecule has 0 saturated heterocycles. The van der Waals surface area contributed by atoms with E-state index in [-0.39, 0.29) is 23.2 Å². The Kier molecular flexibility index (Phi) is 4.93. The average Bonchev–Trinajstić information content (AvgIpc) is 3.22. The van der Waals surface area contributed by atoms with Crippen LogP contribution in [0.4, 0.5) is 0 Å². The molecule has 1 spiro atoms. The number of rotatable bonds is 6. The van der Waals surface area contributed by atoms with Crippen LogP contribution in [-0.4, -0.2) is 22.7 Å². The summed E-state index contributed by atoms with van der Waals surface area (Å²) in [5, 5.41) is 11.8. The molecule has 4 nitrogen and oxygen atoms in total. The highest BCUT2D eigenvalue weighted by Gasteiger charge is 2.69. The van der Waals surface area contributed by atoms with Crippen molar-refractivity contribution in [2.75, 3.05) is 0 Å². The molecular weight excluding hydrogens is 406 g/mol. The monoisotopic (exact) mass is 435 g/mol. The zero-order chi connectivity index (χ0) is 21.8. The van der Waals surface area contributed by atoms with Crippen LogP contribution in [0, 0.1) is 28.6 Å². The first-order valence-electron chi connectivity index (χ1n) is 11.3. The molecular formula is C26H29NO3S. The van der Waals surface area contributed by atoms with E-state index in [0.717, 1.165) is 47.0 Å². The molecule has 1 unspecified atom stereocenters. The molecule has 2 aromatic rings. The molecule has 1 N–H and O–H groups in total. The van der Waals surface area contributed by atoms with Crippen LogP contribution < -0.4 is 0 Å². The van der Waals surface area contributed by atoms with Gasteiger partial charge in [0.25, 0.3) is 5.91 Å². The van der Waals surface area contributed by atoms with E-state index in [0.29, 0.717) is 24.2 Å². The topological polar surface area (TPSA) is 66.7 Å². The van der Waals surface area contributed by atoms with Gasteiger partial charge in [0.2, 0.25) is 0 Å². The van der Waals surface area contributed by atoms with Gasteiger partial charge in [-0.05, 0) is 55.4 Å². The minimum absolute atomic E-state index is 0.0495. The Labute approximate surface area is 187 Å². The van der Waals surface area contributed by atoms with Gasteiger partial charge in [0.1, 0.15) is 0 Å². The van der Waals surface area contributed by atoms with E-state index in [1.807, 2.05) is 23.6 Å². The number of hydrogen-bond donors (Lipinski definition) is 1. The number of nitrogens with zero attached hydrogens (tertiary/aromatic N) is 1. The average molecular weight is 436 g/mol. The van der Waals surface area contributed by atoms with Gasteiger partial charge in [-0.2, -0.15) is 0 Å². The Hall–Kier alpha value is -2.27. The van der Waals surface area contributed by atoms with Crippen molar-refractivity contribution in [2.24, 2.45) is 33.6 Å². The molecule has 1 aromatic carbocycles. The number of carboxylic acids is 1. The molecule has 1 heterocycles.